The van der Waals surface area contributed by atoms with Crippen molar-refractivity contribution in [3.05, 3.63) is 72.4 Å². The van der Waals surface area contributed by atoms with Crippen molar-refractivity contribution in [1.29, 1.82) is 0 Å². The molecule has 0 bridgehead atoms. The maximum atomic E-state index is 11.7. The third-order valence-electron chi connectivity index (χ3n) is 4.74. The third-order valence-corrected chi connectivity index (χ3v) is 4.74. The third kappa shape index (κ3) is 8.22. The lowest BCUT2D eigenvalue weighted by molar-refractivity contribution is 0.0529. The summed E-state index contributed by atoms with van der Waals surface area (Å²) in [5.74, 6) is 1.19. The summed E-state index contributed by atoms with van der Waals surface area (Å²) in [4.78, 5) is 20.5. The van der Waals surface area contributed by atoms with Crippen molar-refractivity contribution in [2.24, 2.45) is 0 Å². The van der Waals surface area contributed by atoms with Crippen LogP contribution in [0.25, 0.3) is 5.70 Å². The first-order valence-corrected chi connectivity index (χ1v) is 11.3. The minimum Gasteiger partial charge on any atom is -0.508 e. The molecule has 3 rings (SSSR count). The molecule has 0 aliphatic rings. The molecule has 0 aliphatic carbocycles. The number of rotatable bonds is 9. The van der Waals surface area contributed by atoms with Crippen molar-refractivity contribution in [3.8, 4) is 5.75 Å². The van der Waals surface area contributed by atoms with Crippen LogP contribution in [0, 0.1) is 6.92 Å². The molecular formula is C26H32N6O3. The van der Waals surface area contributed by atoms with Gasteiger partial charge in [-0.05, 0) is 63.1 Å². The predicted octanol–water partition coefficient (Wildman–Crippen LogP) is 5.06. The Labute approximate surface area is 205 Å². The minimum absolute atomic E-state index is 0.178. The summed E-state index contributed by atoms with van der Waals surface area (Å²) in [6.07, 6.45) is 1.20. The fourth-order valence-corrected chi connectivity index (χ4v) is 3.08. The topological polar surface area (TPSA) is 120 Å². The van der Waals surface area contributed by atoms with Crippen LogP contribution in [0.2, 0.25) is 0 Å². The summed E-state index contributed by atoms with van der Waals surface area (Å²) < 4.78 is 5.22. The molecule has 9 heteroatoms. The van der Waals surface area contributed by atoms with E-state index in [4.69, 9.17) is 4.74 Å². The highest BCUT2D eigenvalue weighted by Gasteiger charge is 2.15. The molecule has 0 saturated carbocycles. The molecule has 35 heavy (non-hydrogen) atoms. The SMILES string of the molecule is C=C(NCCNC(=O)OC(C)(C)C)c1cccc(Nc2nccc(Nc3cc(O)ccc3C)n2)c1. The Balaban J connectivity index is 1.56. The highest BCUT2D eigenvalue weighted by Crippen LogP contribution is 2.25. The number of carbonyl (C=O) groups excluding carboxylic acids is 1. The van der Waals surface area contributed by atoms with Gasteiger partial charge in [-0.25, -0.2) is 9.78 Å². The Morgan fingerprint density at radius 3 is 2.60 bits per heavy atom. The van der Waals surface area contributed by atoms with Crippen LogP contribution in [-0.4, -0.2) is 39.9 Å². The fourth-order valence-electron chi connectivity index (χ4n) is 3.08. The van der Waals surface area contributed by atoms with Crippen molar-refractivity contribution in [2.75, 3.05) is 23.7 Å². The van der Waals surface area contributed by atoms with E-state index in [1.807, 2.05) is 58.0 Å². The fraction of sp³-hybridized carbons (Fsp3) is 0.269. The summed E-state index contributed by atoms with van der Waals surface area (Å²) in [7, 11) is 0. The molecule has 1 heterocycles. The van der Waals surface area contributed by atoms with Crippen molar-refractivity contribution in [1.82, 2.24) is 20.6 Å². The van der Waals surface area contributed by atoms with Gasteiger partial charge in [0.2, 0.25) is 5.95 Å². The monoisotopic (exact) mass is 476 g/mol. The molecule has 2 aromatic carbocycles. The number of benzene rings is 2. The molecule has 0 saturated heterocycles. The lowest BCUT2D eigenvalue weighted by Crippen LogP contribution is -2.36. The molecular weight excluding hydrogens is 444 g/mol. The number of aromatic nitrogens is 2. The van der Waals surface area contributed by atoms with Gasteiger partial charge in [-0.1, -0.05) is 24.8 Å². The van der Waals surface area contributed by atoms with Gasteiger partial charge >= 0.3 is 6.09 Å². The van der Waals surface area contributed by atoms with Gasteiger partial charge in [-0.2, -0.15) is 4.98 Å². The first kappa shape index (κ1) is 25.4. The second-order valence-corrected chi connectivity index (χ2v) is 8.93. The molecule has 0 unspecified atom stereocenters. The second-order valence-electron chi connectivity index (χ2n) is 8.93. The summed E-state index contributed by atoms with van der Waals surface area (Å²) in [5, 5.41) is 22.1. The average molecular weight is 477 g/mol. The van der Waals surface area contributed by atoms with Gasteiger partial charge in [-0.3, -0.25) is 0 Å². The zero-order chi connectivity index (χ0) is 25.4. The molecule has 3 aromatic rings. The Kier molecular flexibility index (Phi) is 8.14. The molecule has 9 nitrogen and oxygen atoms in total. The normalized spacial score (nSPS) is 10.9. The van der Waals surface area contributed by atoms with Gasteiger partial charge in [0.1, 0.15) is 17.2 Å². The highest BCUT2D eigenvalue weighted by molar-refractivity contribution is 5.69. The van der Waals surface area contributed by atoms with Gasteiger partial charge in [-0.15, -0.1) is 0 Å². The predicted molar refractivity (Wildman–Crippen MR) is 139 cm³/mol. The number of aromatic hydroxyl groups is 1. The number of nitrogens with one attached hydrogen (secondary N) is 4. The van der Waals surface area contributed by atoms with E-state index in [-0.39, 0.29) is 5.75 Å². The number of amides is 1. The van der Waals surface area contributed by atoms with Crippen LogP contribution in [0.5, 0.6) is 5.75 Å². The summed E-state index contributed by atoms with van der Waals surface area (Å²) in [6, 6.07) is 14.5. The zero-order valence-electron chi connectivity index (χ0n) is 20.5. The van der Waals surface area contributed by atoms with E-state index in [0.717, 1.165) is 28.2 Å². The van der Waals surface area contributed by atoms with E-state index in [0.29, 0.717) is 24.9 Å². The van der Waals surface area contributed by atoms with Crippen LogP contribution in [0.1, 0.15) is 31.9 Å². The highest BCUT2D eigenvalue weighted by atomic mass is 16.6. The lowest BCUT2D eigenvalue weighted by Gasteiger charge is -2.20. The largest absolute Gasteiger partial charge is 0.508 e. The second kappa shape index (κ2) is 11.2. The maximum absolute atomic E-state index is 11.7. The van der Waals surface area contributed by atoms with Crippen LogP contribution in [0.15, 0.2) is 61.3 Å². The molecule has 0 aliphatic heterocycles. The minimum atomic E-state index is -0.530. The van der Waals surface area contributed by atoms with Crippen LogP contribution in [-0.2, 0) is 4.74 Å². The first-order chi connectivity index (χ1) is 16.6. The molecule has 0 atom stereocenters. The number of ether oxygens (including phenoxy) is 1. The number of alkyl carbamates (subject to hydrolysis) is 1. The summed E-state index contributed by atoms with van der Waals surface area (Å²) in [6.45, 7) is 12.4. The van der Waals surface area contributed by atoms with Gasteiger partial charge in [0.25, 0.3) is 0 Å². The van der Waals surface area contributed by atoms with Crippen molar-refractivity contribution < 1.29 is 14.6 Å². The van der Waals surface area contributed by atoms with E-state index in [1.165, 1.54) is 0 Å². The van der Waals surface area contributed by atoms with E-state index in [1.54, 1.807) is 24.4 Å². The Hall–Kier alpha value is -4.27. The van der Waals surface area contributed by atoms with Crippen molar-refractivity contribution in [3.63, 3.8) is 0 Å². The quantitative estimate of drug-likeness (QED) is 0.272. The van der Waals surface area contributed by atoms with E-state index < -0.39 is 11.7 Å². The molecule has 1 amide bonds. The zero-order valence-corrected chi connectivity index (χ0v) is 20.5. The Bertz CT molecular complexity index is 1190. The number of hydrogen-bond donors (Lipinski definition) is 5. The van der Waals surface area contributed by atoms with Gasteiger partial charge in [0.05, 0.1) is 0 Å². The molecule has 0 radical (unpaired) electrons. The lowest BCUT2D eigenvalue weighted by atomic mass is 10.1. The van der Waals surface area contributed by atoms with Crippen LogP contribution in [0.4, 0.5) is 27.9 Å². The standard InChI is InChI=1S/C26H32N6O3/c1-17-9-10-21(33)16-22(17)31-23-11-12-28-24(32-23)30-20-8-6-7-19(15-20)18(2)27-13-14-29-25(34)35-26(3,4)5/h6-12,15-16,27,33H,2,13-14H2,1,3-5H3,(H,29,34)(H2,28,30,31,32). The average Bonchev–Trinajstić information content (AvgIpc) is 2.78. The number of aryl methyl sites for hydroxylation is 1. The molecule has 5 N–H and O–H groups in total. The van der Waals surface area contributed by atoms with Gasteiger partial charge < -0.3 is 31.1 Å². The summed E-state index contributed by atoms with van der Waals surface area (Å²) in [5.41, 5.74) is 3.61. The Morgan fingerprint density at radius 1 is 1.06 bits per heavy atom. The van der Waals surface area contributed by atoms with E-state index in [9.17, 15) is 9.90 Å². The van der Waals surface area contributed by atoms with Crippen molar-refractivity contribution >= 4 is 34.9 Å². The Morgan fingerprint density at radius 2 is 1.83 bits per heavy atom. The van der Waals surface area contributed by atoms with Gasteiger partial charge in [0, 0.05) is 42.4 Å². The van der Waals surface area contributed by atoms with Crippen LogP contribution in [0.3, 0.4) is 0 Å². The van der Waals surface area contributed by atoms with E-state index >= 15 is 0 Å². The smallest absolute Gasteiger partial charge is 0.407 e. The molecule has 184 valence electrons. The van der Waals surface area contributed by atoms with Gasteiger partial charge in [0.15, 0.2) is 0 Å². The van der Waals surface area contributed by atoms with Crippen LogP contribution < -0.4 is 21.3 Å². The molecule has 0 fully saturated rings. The summed E-state index contributed by atoms with van der Waals surface area (Å²) >= 11 is 0. The maximum Gasteiger partial charge on any atom is 0.407 e. The first-order valence-electron chi connectivity index (χ1n) is 11.3. The number of nitrogens with zero attached hydrogens (tertiary/aromatic N) is 2. The number of hydrogen-bond acceptors (Lipinski definition) is 8. The van der Waals surface area contributed by atoms with Crippen LogP contribution >= 0.6 is 0 Å². The van der Waals surface area contributed by atoms with Crippen molar-refractivity contribution in [2.45, 2.75) is 33.3 Å². The number of carbonyl (C=O) groups is 1. The van der Waals surface area contributed by atoms with E-state index in [2.05, 4.69) is 37.8 Å². The number of anilines is 4. The molecule has 0 spiro atoms. The molecule has 1 aromatic heterocycles. The number of phenolic OH excluding ortho intramolecular Hbond substituents is 1. The number of phenols is 1.